The molecule has 4 heteroatoms. The highest BCUT2D eigenvalue weighted by atomic mass is 16.5. The summed E-state index contributed by atoms with van der Waals surface area (Å²) in [5, 5.41) is 9.83. The highest BCUT2D eigenvalue weighted by Gasteiger charge is 2.07. The number of hydrogen-bond acceptors (Lipinski definition) is 4. The second-order valence-corrected chi connectivity index (χ2v) is 4.31. The maximum atomic E-state index is 9.60. The Morgan fingerprint density at radius 2 is 2.13 bits per heavy atom. The van der Waals surface area contributed by atoms with Gasteiger partial charge in [-0.3, -0.25) is 10.2 Å². The van der Waals surface area contributed by atoms with Crippen LogP contribution in [0.2, 0.25) is 0 Å². The zero-order valence-electron chi connectivity index (χ0n) is 9.72. The van der Waals surface area contributed by atoms with E-state index in [0.717, 1.165) is 18.7 Å². The number of rotatable bonds is 1. The van der Waals surface area contributed by atoms with Crippen LogP contribution in [0, 0.1) is 5.41 Å². The molecule has 15 heavy (non-hydrogen) atoms. The normalized spacial score (nSPS) is 15.3. The van der Waals surface area contributed by atoms with E-state index in [9.17, 15) is 4.79 Å². The third kappa shape index (κ3) is 9.03. The largest absolute Gasteiger partial charge is 0.462 e. The SMILES string of the molecule is CC(C)(C)OC=O.N=C=C1CCCCN1. The summed E-state index contributed by atoms with van der Waals surface area (Å²) < 4.78 is 4.55. The number of piperidine rings is 1. The Bertz CT molecular complexity index is 229. The Kier molecular flexibility index (Phi) is 6.47. The number of allylic oxidation sites excluding steroid dienone is 1. The van der Waals surface area contributed by atoms with E-state index in [1.807, 2.05) is 20.8 Å². The first kappa shape index (κ1) is 13.7. The van der Waals surface area contributed by atoms with Crippen LogP contribution in [-0.2, 0) is 9.53 Å². The lowest BCUT2D eigenvalue weighted by Gasteiger charge is -2.14. The average Bonchev–Trinajstić information content (AvgIpc) is 2.18. The van der Waals surface area contributed by atoms with Crippen LogP contribution in [0.4, 0.5) is 0 Å². The van der Waals surface area contributed by atoms with E-state index >= 15 is 0 Å². The summed E-state index contributed by atoms with van der Waals surface area (Å²) in [5.41, 5.74) is 0.651. The molecule has 86 valence electrons. The lowest BCUT2D eigenvalue weighted by atomic mass is 10.1. The van der Waals surface area contributed by atoms with E-state index in [1.165, 1.54) is 12.8 Å². The Labute approximate surface area is 91.2 Å². The minimum atomic E-state index is -0.318. The molecule has 0 aliphatic carbocycles. The fourth-order valence-corrected chi connectivity index (χ4v) is 1.01. The van der Waals surface area contributed by atoms with Crippen LogP contribution in [0.25, 0.3) is 0 Å². The second-order valence-electron chi connectivity index (χ2n) is 4.31. The van der Waals surface area contributed by atoms with Crippen LogP contribution >= 0.6 is 0 Å². The van der Waals surface area contributed by atoms with E-state index in [1.54, 1.807) is 0 Å². The minimum Gasteiger partial charge on any atom is -0.462 e. The van der Waals surface area contributed by atoms with Gasteiger partial charge in [0.1, 0.15) is 5.60 Å². The third-order valence-electron chi connectivity index (χ3n) is 1.74. The van der Waals surface area contributed by atoms with Gasteiger partial charge in [-0.05, 0) is 45.9 Å². The van der Waals surface area contributed by atoms with Crippen LogP contribution in [-0.4, -0.2) is 24.5 Å². The molecule has 2 N–H and O–H groups in total. The van der Waals surface area contributed by atoms with E-state index in [-0.39, 0.29) is 5.60 Å². The van der Waals surface area contributed by atoms with Crippen LogP contribution in [0.5, 0.6) is 0 Å². The van der Waals surface area contributed by atoms with Crippen molar-refractivity contribution in [1.29, 1.82) is 5.41 Å². The highest BCUT2D eigenvalue weighted by Crippen LogP contribution is 2.06. The van der Waals surface area contributed by atoms with Crippen LogP contribution < -0.4 is 5.32 Å². The van der Waals surface area contributed by atoms with Crippen LogP contribution in [0.3, 0.4) is 0 Å². The molecular formula is C11H20N2O2. The van der Waals surface area contributed by atoms with Crippen molar-refractivity contribution in [2.24, 2.45) is 0 Å². The van der Waals surface area contributed by atoms with Crippen molar-refractivity contribution in [2.75, 3.05) is 6.54 Å². The summed E-state index contributed by atoms with van der Waals surface area (Å²) in [6.45, 7) is 6.95. The lowest BCUT2D eigenvalue weighted by Crippen LogP contribution is -2.19. The van der Waals surface area contributed by atoms with Gasteiger partial charge in [-0.2, -0.15) is 0 Å². The van der Waals surface area contributed by atoms with E-state index < -0.39 is 0 Å². The molecule has 0 amide bonds. The Hall–Kier alpha value is -1.28. The topological polar surface area (TPSA) is 62.2 Å². The number of carbonyl (C=O) groups excluding carboxylic acids is 1. The van der Waals surface area contributed by atoms with Gasteiger partial charge in [0.2, 0.25) is 0 Å². The number of nitrogens with one attached hydrogen (secondary N) is 2. The predicted octanol–water partition coefficient (Wildman–Crippen LogP) is 1.85. The highest BCUT2D eigenvalue weighted by molar-refractivity contribution is 5.53. The molecule has 1 rings (SSSR count). The molecule has 0 saturated carbocycles. The van der Waals surface area contributed by atoms with Crippen molar-refractivity contribution < 1.29 is 9.53 Å². The first-order valence-electron chi connectivity index (χ1n) is 5.13. The lowest BCUT2D eigenvalue weighted by molar-refractivity contribution is -0.138. The zero-order chi connectivity index (χ0) is 11.7. The van der Waals surface area contributed by atoms with Crippen molar-refractivity contribution in [1.82, 2.24) is 5.32 Å². The van der Waals surface area contributed by atoms with Gasteiger partial charge in [0, 0.05) is 6.54 Å². The Morgan fingerprint density at radius 3 is 2.33 bits per heavy atom. The maximum Gasteiger partial charge on any atom is 0.293 e. The summed E-state index contributed by atoms with van der Waals surface area (Å²) in [6, 6.07) is 0. The quantitative estimate of drug-likeness (QED) is 0.515. The van der Waals surface area contributed by atoms with Crippen LogP contribution in [0.1, 0.15) is 40.0 Å². The molecular weight excluding hydrogens is 192 g/mol. The first-order chi connectivity index (χ1) is 6.99. The first-order valence-corrected chi connectivity index (χ1v) is 5.13. The predicted molar refractivity (Wildman–Crippen MR) is 60.0 cm³/mol. The molecule has 4 nitrogen and oxygen atoms in total. The van der Waals surface area contributed by atoms with Gasteiger partial charge in [0.15, 0.2) is 0 Å². The van der Waals surface area contributed by atoms with E-state index in [4.69, 9.17) is 5.41 Å². The second kappa shape index (κ2) is 7.07. The third-order valence-corrected chi connectivity index (χ3v) is 1.74. The fraction of sp³-hybridized carbons (Fsp3) is 0.727. The van der Waals surface area contributed by atoms with Crippen molar-refractivity contribution >= 4 is 12.3 Å². The summed E-state index contributed by atoms with van der Waals surface area (Å²) in [5.74, 6) is 2.36. The molecule has 0 unspecified atom stereocenters. The minimum absolute atomic E-state index is 0.318. The van der Waals surface area contributed by atoms with Gasteiger partial charge >= 0.3 is 0 Å². The van der Waals surface area contributed by atoms with Gasteiger partial charge in [-0.25, -0.2) is 0 Å². The van der Waals surface area contributed by atoms with Crippen molar-refractivity contribution in [3.8, 4) is 0 Å². The Balaban J connectivity index is 0.000000265. The monoisotopic (exact) mass is 212 g/mol. The molecule has 1 saturated heterocycles. The molecule has 1 aliphatic heterocycles. The Morgan fingerprint density at radius 1 is 1.47 bits per heavy atom. The molecule has 0 spiro atoms. The smallest absolute Gasteiger partial charge is 0.293 e. The van der Waals surface area contributed by atoms with Crippen LogP contribution in [0.15, 0.2) is 5.70 Å². The molecule has 0 bridgehead atoms. The number of carbonyl (C=O) groups is 1. The zero-order valence-corrected chi connectivity index (χ0v) is 9.72. The summed E-state index contributed by atoms with van der Waals surface area (Å²) >= 11 is 0. The summed E-state index contributed by atoms with van der Waals surface area (Å²) in [7, 11) is 0. The van der Waals surface area contributed by atoms with Gasteiger partial charge in [-0.1, -0.05) is 0 Å². The van der Waals surface area contributed by atoms with Gasteiger partial charge in [-0.15, -0.1) is 0 Å². The van der Waals surface area contributed by atoms with Gasteiger partial charge < -0.3 is 10.1 Å². The van der Waals surface area contributed by atoms with Gasteiger partial charge in [0.25, 0.3) is 6.47 Å². The standard InChI is InChI=1S/C6H10N2.C5H10O2/c7-5-6-3-1-2-4-8-6;1-5(2,3)7-4-6/h7-8H,1-4H2;4H,1-3H3. The molecule has 1 heterocycles. The van der Waals surface area contributed by atoms with E-state index in [2.05, 4.69) is 15.9 Å². The average molecular weight is 212 g/mol. The van der Waals surface area contributed by atoms with Gasteiger partial charge in [0.05, 0.1) is 5.70 Å². The molecule has 1 aliphatic rings. The van der Waals surface area contributed by atoms with E-state index in [0.29, 0.717) is 6.47 Å². The molecule has 0 aromatic rings. The molecule has 0 atom stereocenters. The van der Waals surface area contributed by atoms with Crippen molar-refractivity contribution in [3.63, 3.8) is 0 Å². The number of ether oxygens (including phenoxy) is 1. The fourth-order valence-electron chi connectivity index (χ4n) is 1.01. The summed E-state index contributed by atoms with van der Waals surface area (Å²) in [4.78, 5) is 9.60. The van der Waals surface area contributed by atoms with Crippen molar-refractivity contribution in [3.05, 3.63) is 5.70 Å². The number of hydrogen-bond donors (Lipinski definition) is 2. The van der Waals surface area contributed by atoms with Crippen molar-refractivity contribution in [2.45, 2.75) is 45.6 Å². The maximum absolute atomic E-state index is 9.60. The molecule has 1 fully saturated rings. The summed E-state index contributed by atoms with van der Waals surface area (Å²) in [6.07, 6.45) is 3.48. The molecule has 0 aromatic heterocycles. The molecule has 0 radical (unpaired) electrons. The molecule has 0 aromatic carbocycles.